The van der Waals surface area contributed by atoms with Gasteiger partial charge in [0.1, 0.15) is 0 Å². The van der Waals surface area contributed by atoms with Crippen molar-refractivity contribution in [2.45, 2.75) is 45.7 Å². The van der Waals surface area contributed by atoms with Crippen LogP contribution in [0.4, 0.5) is 4.79 Å². The predicted octanol–water partition coefficient (Wildman–Crippen LogP) is 1.99. The van der Waals surface area contributed by atoms with Gasteiger partial charge >= 0.3 is 6.03 Å². The van der Waals surface area contributed by atoms with Gasteiger partial charge in [0.2, 0.25) is 5.91 Å². The summed E-state index contributed by atoms with van der Waals surface area (Å²) in [6.07, 6.45) is 4.48. The fraction of sp³-hybridized carbons (Fsp3) is 0.529. The molecule has 0 bridgehead atoms. The summed E-state index contributed by atoms with van der Waals surface area (Å²) in [5.74, 6) is 5.90. The summed E-state index contributed by atoms with van der Waals surface area (Å²) in [7, 11) is 0. The van der Waals surface area contributed by atoms with E-state index < -0.39 is 0 Å². The molecule has 0 atom stereocenters. The Bertz CT molecular complexity index is 522. The Hall–Kier alpha value is -2.08. The monoisotopic (exact) mass is 318 g/mol. The number of amides is 3. The number of nitrogens with two attached hydrogens (primary N) is 1. The Labute approximate surface area is 137 Å². The van der Waals surface area contributed by atoms with Crippen molar-refractivity contribution in [3.63, 3.8) is 0 Å². The van der Waals surface area contributed by atoms with Gasteiger partial charge in [-0.2, -0.15) is 0 Å². The van der Waals surface area contributed by atoms with Crippen molar-refractivity contribution < 1.29 is 9.59 Å². The maximum Gasteiger partial charge on any atom is 0.334 e. The summed E-state index contributed by atoms with van der Waals surface area (Å²) < 4.78 is 0. The third-order valence-corrected chi connectivity index (χ3v) is 4.04. The quantitative estimate of drug-likeness (QED) is 0.506. The summed E-state index contributed by atoms with van der Waals surface area (Å²) in [4.78, 5) is 25.1. The molecule has 3 N–H and O–H groups in total. The summed E-state index contributed by atoms with van der Waals surface area (Å²) in [5.41, 5.74) is 1.99. The van der Waals surface area contributed by atoms with Crippen LogP contribution < -0.4 is 11.2 Å². The lowest BCUT2D eigenvalue weighted by molar-refractivity contribution is -0.119. The molecular formula is C17H26N4O2. The largest absolute Gasteiger partial charge is 0.352 e. The highest BCUT2D eigenvalue weighted by Gasteiger charge is 2.19. The van der Waals surface area contributed by atoms with Crippen LogP contribution in [-0.2, 0) is 17.9 Å². The van der Waals surface area contributed by atoms with E-state index in [1.54, 1.807) is 0 Å². The molecule has 1 aliphatic heterocycles. The van der Waals surface area contributed by atoms with Crippen molar-refractivity contribution in [1.29, 1.82) is 0 Å². The van der Waals surface area contributed by atoms with E-state index in [9.17, 15) is 9.59 Å². The van der Waals surface area contributed by atoms with E-state index in [1.165, 1.54) is 24.8 Å². The van der Waals surface area contributed by atoms with Gasteiger partial charge in [0.25, 0.3) is 0 Å². The van der Waals surface area contributed by atoms with Crippen LogP contribution in [0.15, 0.2) is 24.3 Å². The maximum absolute atomic E-state index is 12.4. The Balaban J connectivity index is 1.87. The third-order valence-electron chi connectivity index (χ3n) is 4.04. The molecule has 126 valence electrons. The SMILES string of the molecule is CC(=O)NCc1ccc(CN(N)C(=O)N2CCCCCC2)cc1. The minimum absolute atomic E-state index is 0.0507. The van der Waals surface area contributed by atoms with E-state index in [1.807, 2.05) is 29.2 Å². The number of carbonyl (C=O) groups excluding carboxylic acids is 2. The summed E-state index contributed by atoms with van der Waals surface area (Å²) in [6, 6.07) is 7.65. The van der Waals surface area contributed by atoms with E-state index in [0.29, 0.717) is 13.1 Å². The topological polar surface area (TPSA) is 78.7 Å². The zero-order valence-electron chi connectivity index (χ0n) is 13.8. The van der Waals surface area contributed by atoms with Crippen LogP contribution in [0.3, 0.4) is 0 Å². The number of hydrogen-bond donors (Lipinski definition) is 2. The summed E-state index contributed by atoms with van der Waals surface area (Å²) in [6.45, 7) is 3.98. The highest BCUT2D eigenvalue weighted by Crippen LogP contribution is 2.12. The Morgan fingerprint density at radius 3 is 2.22 bits per heavy atom. The normalized spacial score (nSPS) is 15.0. The number of hydrazine groups is 1. The van der Waals surface area contributed by atoms with Gasteiger partial charge in [0.05, 0.1) is 6.54 Å². The molecule has 0 aromatic heterocycles. The van der Waals surface area contributed by atoms with E-state index >= 15 is 0 Å². The van der Waals surface area contributed by atoms with Gasteiger partial charge < -0.3 is 10.2 Å². The molecule has 3 amide bonds. The zero-order valence-corrected chi connectivity index (χ0v) is 13.8. The molecule has 0 unspecified atom stereocenters. The fourth-order valence-corrected chi connectivity index (χ4v) is 2.70. The molecule has 1 aromatic rings. The number of carbonyl (C=O) groups is 2. The highest BCUT2D eigenvalue weighted by molar-refractivity contribution is 5.74. The maximum atomic E-state index is 12.4. The predicted molar refractivity (Wildman–Crippen MR) is 89.1 cm³/mol. The lowest BCUT2D eigenvalue weighted by atomic mass is 10.1. The smallest absolute Gasteiger partial charge is 0.334 e. The van der Waals surface area contributed by atoms with Crippen molar-refractivity contribution in [3.8, 4) is 0 Å². The third kappa shape index (κ3) is 5.56. The fourth-order valence-electron chi connectivity index (χ4n) is 2.70. The first-order valence-corrected chi connectivity index (χ1v) is 8.19. The molecule has 0 aliphatic carbocycles. The average molecular weight is 318 g/mol. The van der Waals surface area contributed by atoms with Crippen molar-refractivity contribution in [3.05, 3.63) is 35.4 Å². The molecule has 0 radical (unpaired) electrons. The number of nitrogens with zero attached hydrogens (tertiary/aromatic N) is 2. The van der Waals surface area contributed by atoms with Crippen LogP contribution in [-0.4, -0.2) is 34.9 Å². The first kappa shape index (κ1) is 17.3. The number of benzene rings is 1. The standard InChI is InChI=1S/C17H26N4O2/c1-14(22)19-12-15-6-8-16(9-7-15)13-21(18)17(23)20-10-4-2-3-5-11-20/h6-9H,2-5,10-13,18H2,1H3,(H,19,22). The number of hydrogen-bond acceptors (Lipinski definition) is 3. The number of rotatable bonds is 4. The van der Waals surface area contributed by atoms with Crippen LogP contribution in [0.5, 0.6) is 0 Å². The van der Waals surface area contributed by atoms with Gasteiger partial charge in [-0.15, -0.1) is 0 Å². The lowest BCUT2D eigenvalue weighted by Crippen LogP contribution is -2.46. The van der Waals surface area contributed by atoms with Crippen LogP contribution in [0.25, 0.3) is 0 Å². The van der Waals surface area contributed by atoms with Gasteiger partial charge in [-0.3, -0.25) is 9.80 Å². The molecule has 2 rings (SSSR count). The Morgan fingerprint density at radius 2 is 1.65 bits per heavy atom. The summed E-state index contributed by atoms with van der Waals surface area (Å²) >= 11 is 0. The van der Waals surface area contributed by atoms with Crippen LogP contribution in [0.1, 0.15) is 43.7 Å². The molecule has 23 heavy (non-hydrogen) atoms. The molecule has 0 saturated carbocycles. The number of likely N-dealkylation sites (tertiary alicyclic amines) is 1. The second-order valence-electron chi connectivity index (χ2n) is 6.04. The lowest BCUT2D eigenvalue weighted by Gasteiger charge is -2.26. The van der Waals surface area contributed by atoms with E-state index in [-0.39, 0.29) is 11.9 Å². The van der Waals surface area contributed by atoms with Gasteiger partial charge in [-0.05, 0) is 24.0 Å². The minimum Gasteiger partial charge on any atom is -0.352 e. The average Bonchev–Trinajstić information content (AvgIpc) is 2.82. The van der Waals surface area contributed by atoms with Gasteiger partial charge in [-0.1, -0.05) is 37.1 Å². The number of urea groups is 1. The van der Waals surface area contributed by atoms with Gasteiger partial charge in [0, 0.05) is 26.6 Å². The first-order valence-electron chi connectivity index (χ1n) is 8.19. The molecule has 1 fully saturated rings. The molecule has 1 aliphatic rings. The molecule has 1 saturated heterocycles. The first-order chi connectivity index (χ1) is 11.1. The molecule has 6 heteroatoms. The molecule has 1 heterocycles. The molecule has 0 spiro atoms. The minimum atomic E-state index is -0.103. The van der Waals surface area contributed by atoms with E-state index in [4.69, 9.17) is 5.84 Å². The van der Waals surface area contributed by atoms with Crippen LogP contribution >= 0.6 is 0 Å². The molecule has 6 nitrogen and oxygen atoms in total. The van der Waals surface area contributed by atoms with Crippen molar-refractivity contribution in [2.24, 2.45) is 5.84 Å². The van der Waals surface area contributed by atoms with Gasteiger partial charge in [-0.25, -0.2) is 10.6 Å². The second-order valence-corrected chi connectivity index (χ2v) is 6.04. The molecular weight excluding hydrogens is 292 g/mol. The zero-order chi connectivity index (χ0) is 16.7. The Morgan fingerprint density at radius 1 is 1.09 bits per heavy atom. The van der Waals surface area contributed by atoms with E-state index in [2.05, 4.69) is 5.32 Å². The molecule has 1 aromatic carbocycles. The number of nitrogens with one attached hydrogen (secondary N) is 1. The van der Waals surface area contributed by atoms with Crippen LogP contribution in [0.2, 0.25) is 0 Å². The summed E-state index contributed by atoms with van der Waals surface area (Å²) in [5, 5.41) is 4.04. The Kier molecular flexibility index (Phi) is 6.40. The van der Waals surface area contributed by atoms with Crippen molar-refractivity contribution in [1.82, 2.24) is 15.2 Å². The highest BCUT2D eigenvalue weighted by atomic mass is 16.2. The van der Waals surface area contributed by atoms with E-state index in [0.717, 1.165) is 37.1 Å². The van der Waals surface area contributed by atoms with Gasteiger partial charge in [0.15, 0.2) is 0 Å². The van der Waals surface area contributed by atoms with Crippen LogP contribution in [0, 0.1) is 0 Å². The van der Waals surface area contributed by atoms with Crippen molar-refractivity contribution in [2.75, 3.05) is 13.1 Å². The second kappa shape index (κ2) is 8.53. The van der Waals surface area contributed by atoms with Crippen molar-refractivity contribution >= 4 is 11.9 Å².